The molecule has 1 atom stereocenters. The number of carbonyl (C=O) groups is 2. The molecule has 0 amide bonds. The average molecular weight is 274 g/mol. The Morgan fingerprint density at radius 2 is 1.79 bits per heavy atom. The summed E-state index contributed by atoms with van der Waals surface area (Å²) in [5.41, 5.74) is 0. The molecule has 0 spiro atoms. The Labute approximate surface area is 116 Å². The average Bonchev–Trinajstić information content (AvgIpc) is 2.12. The lowest BCUT2D eigenvalue weighted by atomic mass is 10.1. The van der Waals surface area contributed by atoms with Crippen molar-refractivity contribution in [2.24, 2.45) is 5.92 Å². The third-order valence-electron chi connectivity index (χ3n) is 2.61. The predicted molar refractivity (Wildman–Crippen MR) is 73.7 cm³/mol. The summed E-state index contributed by atoms with van der Waals surface area (Å²) in [6.45, 7) is 4.72. The molecule has 0 aromatic rings. The number of carboxylic acids is 1. The summed E-state index contributed by atoms with van der Waals surface area (Å²) < 4.78 is 5.85. The third-order valence-corrected chi connectivity index (χ3v) is 2.61. The molecule has 1 unspecified atom stereocenters. The third kappa shape index (κ3) is 11.7. The molecule has 112 valence electrons. The van der Waals surface area contributed by atoms with Gasteiger partial charge >= 0.3 is 11.9 Å². The lowest BCUT2D eigenvalue weighted by Crippen LogP contribution is -2.43. The lowest BCUT2D eigenvalue weighted by Gasteiger charge is -2.28. The first-order valence-electron chi connectivity index (χ1n) is 6.82. The van der Waals surface area contributed by atoms with Gasteiger partial charge in [-0.2, -0.15) is 0 Å². The molecule has 1 N–H and O–H groups in total. The van der Waals surface area contributed by atoms with Crippen molar-refractivity contribution in [1.82, 2.24) is 0 Å². The number of esters is 1. The molecule has 0 saturated heterocycles. The normalized spacial score (nSPS) is 13.4. The van der Waals surface area contributed by atoms with Crippen LogP contribution in [0, 0.1) is 5.92 Å². The number of nitrogens with zero attached hydrogens (tertiary/aromatic N) is 1. The monoisotopic (exact) mass is 274 g/mol. The van der Waals surface area contributed by atoms with Gasteiger partial charge in [0, 0.05) is 6.42 Å². The Hall–Kier alpha value is -1.10. The fourth-order valence-electron chi connectivity index (χ4n) is 1.85. The van der Waals surface area contributed by atoms with Crippen molar-refractivity contribution in [2.75, 3.05) is 27.7 Å². The highest BCUT2D eigenvalue weighted by Crippen LogP contribution is 2.10. The van der Waals surface area contributed by atoms with Crippen molar-refractivity contribution in [3.05, 3.63) is 0 Å². The summed E-state index contributed by atoms with van der Waals surface area (Å²) in [7, 11) is 5.84. The molecule has 5 nitrogen and oxygen atoms in total. The molecule has 0 saturated carbocycles. The van der Waals surface area contributed by atoms with E-state index in [-0.39, 0.29) is 12.4 Å². The van der Waals surface area contributed by atoms with E-state index in [9.17, 15) is 9.59 Å². The highest BCUT2D eigenvalue weighted by molar-refractivity contribution is 5.71. The van der Waals surface area contributed by atoms with Crippen LogP contribution < -0.4 is 0 Å². The molecular weight excluding hydrogens is 246 g/mol. The number of hydrogen-bond acceptors (Lipinski definition) is 3. The fourth-order valence-corrected chi connectivity index (χ4v) is 1.85. The van der Waals surface area contributed by atoms with Crippen LogP contribution in [0.2, 0.25) is 0 Å². The Bertz CT molecular complexity index is 294. The second kappa shape index (κ2) is 8.15. The molecule has 5 heteroatoms. The summed E-state index contributed by atoms with van der Waals surface area (Å²) >= 11 is 0. The van der Waals surface area contributed by atoms with Crippen LogP contribution in [0.5, 0.6) is 0 Å². The van der Waals surface area contributed by atoms with Crippen LogP contribution in [0.1, 0.15) is 39.5 Å². The van der Waals surface area contributed by atoms with E-state index in [0.717, 1.165) is 12.8 Å². The summed E-state index contributed by atoms with van der Waals surface area (Å²) in [6, 6.07) is 0. The van der Waals surface area contributed by atoms with Gasteiger partial charge in [-0.05, 0) is 12.3 Å². The zero-order valence-corrected chi connectivity index (χ0v) is 12.8. The molecule has 0 radical (unpaired) electrons. The van der Waals surface area contributed by atoms with Gasteiger partial charge in [-0.25, -0.2) is 0 Å². The number of carbonyl (C=O) groups excluding carboxylic acids is 1. The first kappa shape index (κ1) is 17.9. The Morgan fingerprint density at radius 3 is 2.21 bits per heavy atom. The minimum absolute atomic E-state index is 0.133. The quantitative estimate of drug-likeness (QED) is 0.515. The largest absolute Gasteiger partial charge is 0.481 e. The van der Waals surface area contributed by atoms with E-state index in [1.54, 1.807) is 0 Å². The number of likely N-dealkylation sites (N-methyl/N-ethyl adjacent to an activating group) is 1. The zero-order chi connectivity index (χ0) is 15.1. The van der Waals surface area contributed by atoms with E-state index in [1.807, 2.05) is 21.1 Å². The van der Waals surface area contributed by atoms with Crippen molar-refractivity contribution in [3.63, 3.8) is 0 Å². The van der Waals surface area contributed by atoms with Gasteiger partial charge in [0.05, 0.1) is 27.6 Å². The van der Waals surface area contributed by atoms with Crippen LogP contribution in [-0.2, 0) is 14.3 Å². The standard InChI is InChI=1S/C14H27NO4/c1-11(2)7-6-8-14(18)19-12(9-13(16)17)10-15(3,4)5/h11-12H,6-10H2,1-5H3/p+1. The summed E-state index contributed by atoms with van der Waals surface area (Å²) in [5.74, 6) is -0.664. The number of carboxylic acid groups (broad SMARTS) is 1. The maximum Gasteiger partial charge on any atom is 0.307 e. The molecule has 0 heterocycles. The smallest absolute Gasteiger partial charge is 0.307 e. The highest BCUT2D eigenvalue weighted by atomic mass is 16.5. The van der Waals surface area contributed by atoms with Crippen LogP contribution >= 0.6 is 0 Å². The van der Waals surface area contributed by atoms with Gasteiger partial charge in [0.1, 0.15) is 6.54 Å². The maximum atomic E-state index is 11.7. The number of quaternary nitrogens is 1. The Balaban J connectivity index is 4.23. The van der Waals surface area contributed by atoms with Gasteiger partial charge in [0.15, 0.2) is 6.10 Å². The molecule has 0 aromatic heterocycles. The van der Waals surface area contributed by atoms with Crippen molar-refractivity contribution in [2.45, 2.75) is 45.6 Å². The molecule has 0 aliphatic rings. The molecule has 19 heavy (non-hydrogen) atoms. The van der Waals surface area contributed by atoms with E-state index >= 15 is 0 Å². The van der Waals surface area contributed by atoms with Crippen LogP contribution in [0.4, 0.5) is 0 Å². The van der Waals surface area contributed by atoms with Crippen molar-refractivity contribution >= 4 is 11.9 Å². The molecule has 0 fully saturated rings. The van der Waals surface area contributed by atoms with Gasteiger partial charge in [-0.3, -0.25) is 9.59 Å². The minimum Gasteiger partial charge on any atom is -0.481 e. The van der Waals surface area contributed by atoms with E-state index in [2.05, 4.69) is 13.8 Å². The lowest BCUT2D eigenvalue weighted by molar-refractivity contribution is -0.873. The van der Waals surface area contributed by atoms with E-state index in [4.69, 9.17) is 9.84 Å². The van der Waals surface area contributed by atoms with Crippen molar-refractivity contribution in [3.8, 4) is 0 Å². The van der Waals surface area contributed by atoms with E-state index in [1.165, 1.54) is 0 Å². The van der Waals surface area contributed by atoms with E-state index in [0.29, 0.717) is 23.4 Å². The molecule has 0 bridgehead atoms. The van der Waals surface area contributed by atoms with E-state index < -0.39 is 12.1 Å². The maximum absolute atomic E-state index is 11.7. The second-order valence-corrected chi connectivity index (χ2v) is 6.47. The molecule has 0 aliphatic carbocycles. The molecular formula is C14H28NO4+. The van der Waals surface area contributed by atoms with Gasteiger partial charge in [0.2, 0.25) is 0 Å². The number of hydrogen-bond donors (Lipinski definition) is 1. The van der Waals surface area contributed by atoms with Gasteiger partial charge in [-0.15, -0.1) is 0 Å². The predicted octanol–water partition coefficient (Wildman–Crippen LogP) is 1.91. The first-order valence-corrected chi connectivity index (χ1v) is 6.82. The Morgan fingerprint density at radius 1 is 1.21 bits per heavy atom. The topological polar surface area (TPSA) is 63.6 Å². The van der Waals surface area contributed by atoms with Crippen LogP contribution in [-0.4, -0.2) is 55.3 Å². The van der Waals surface area contributed by atoms with Crippen molar-refractivity contribution in [1.29, 1.82) is 0 Å². The van der Waals surface area contributed by atoms with Gasteiger partial charge in [0.25, 0.3) is 0 Å². The number of aliphatic carboxylic acids is 1. The van der Waals surface area contributed by atoms with Gasteiger partial charge in [-0.1, -0.05) is 20.3 Å². The number of rotatable bonds is 9. The highest BCUT2D eigenvalue weighted by Gasteiger charge is 2.24. The van der Waals surface area contributed by atoms with Crippen molar-refractivity contribution < 1.29 is 23.9 Å². The fraction of sp³-hybridized carbons (Fsp3) is 0.857. The van der Waals surface area contributed by atoms with Crippen LogP contribution in [0.25, 0.3) is 0 Å². The summed E-state index contributed by atoms with van der Waals surface area (Å²) in [4.78, 5) is 22.5. The second-order valence-electron chi connectivity index (χ2n) is 6.47. The first-order chi connectivity index (χ1) is 8.60. The van der Waals surface area contributed by atoms with Gasteiger partial charge < -0.3 is 14.3 Å². The van der Waals surface area contributed by atoms with Crippen LogP contribution in [0.3, 0.4) is 0 Å². The Kier molecular flexibility index (Phi) is 7.68. The number of ether oxygens (including phenoxy) is 1. The minimum atomic E-state index is -0.937. The zero-order valence-electron chi connectivity index (χ0n) is 12.8. The molecule has 0 aliphatic heterocycles. The summed E-state index contributed by atoms with van der Waals surface area (Å²) in [6.07, 6.45) is 1.45. The molecule has 0 aromatic carbocycles. The summed E-state index contributed by atoms with van der Waals surface area (Å²) in [5, 5.41) is 8.84. The van der Waals surface area contributed by atoms with Crippen LogP contribution in [0.15, 0.2) is 0 Å². The molecule has 0 rings (SSSR count). The SMILES string of the molecule is CC(C)CCCC(=O)OC(CC(=O)O)C[N+](C)(C)C.